The molecule has 2 fully saturated rings. The normalized spacial score (nSPS) is 25.2. The van der Waals surface area contributed by atoms with E-state index in [1.54, 1.807) is 12.7 Å². The standard InChI is InChI=1S/C18H22N6/c1-12-5-17(21-10-19-12)23-6-13-8-24(9-14(13)7-23)18-15-3-2-4-16(15)20-11-22-18/h5,10-11,13-14H,2-4,6-9H2,1H3. The van der Waals surface area contributed by atoms with Gasteiger partial charge in [-0.15, -0.1) is 0 Å². The highest BCUT2D eigenvalue weighted by molar-refractivity contribution is 5.52. The quantitative estimate of drug-likeness (QED) is 0.838. The van der Waals surface area contributed by atoms with Gasteiger partial charge in [-0.25, -0.2) is 19.9 Å². The van der Waals surface area contributed by atoms with Crippen molar-refractivity contribution < 1.29 is 0 Å². The minimum atomic E-state index is 0.701. The van der Waals surface area contributed by atoms with Crippen molar-refractivity contribution in [2.75, 3.05) is 36.0 Å². The summed E-state index contributed by atoms with van der Waals surface area (Å²) >= 11 is 0. The third-order valence-electron chi connectivity index (χ3n) is 5.75. The summed E-state index contributed by atoms with van der Waals surface area (Å²) in [5.74, 6) is 3.68. The van der Waals surface area contributed by atoms with Gasteiger partial charge in [-0.05, 0) is 26.2 Å². The first-order chi connectivity index (χ1) is 11.8. The lowest BCUT2D eigenvalue weighted by molar-refractivity contribution is 0.533. The molecule has 5 rings (SSSR count). The second kappa shape index (κ2) is 5.40. The molecule has 1 aliphatic carbocycles. The van der Waals surface area contributed by atoms with Gasteiger partial charge >= 0.3 is 0 Å². The van der Waals surface area contributed by atoms with Crippen LogP contribution in [0.25, 0.3) is 0 Å². The molecule has 0 spiro atoms. The highest BCUT2D eigenvalue weighted by Gasteiger charge is 2.41. The average Bonchev–Trinajstić information content (AvgIpc) is 3.28. The molecule has 6 heteroatoms. The van der Waals surface area contributed by atoms with Crippen molar-refractivity contribution >= 4 is 11.6 Å². The summed E-state index contributed by atoms with van der Waals surface area (Å²) in [6.45, 7) is 6.42. The molecule has 0 N–H and O–H groups in total. The molecule has 2 atom stereocenters. The molecule has 0 radical (unpaired) electrons. The van der Waals surface area contributed by atoms with Gasteiger partial charge in [-0.2, -0.15) is 0 Å². The van der Waals surface area contributed by atoms with Crippen LogP contribution in [0.3, 0.4) is 0 Å². The van der Waals surface area contributed by atoms with Crippen LogP contribution < -0.4 is 9.80 Å². The Hall–Kier alpha value is -2.24. The molecule has 2 saturated heterocycles. The van der Waals surface area contributed by atoms with Gasteiger partial charge in [0.1, 0.15) is 24.3 Å². The average molecular weight is 322 g/mol. The van der Waals surface area contributed by atoms with Crippen LogP contribution in [0.2, 0.25) is 0 Å². The van der Waals surface area contributed by atoms with E-state index in [0.717, 1.165) is 50.5 Å². The summed E-state index contributed by atoms with van der Waals surface area (Å²) in [7, 11) is 0. The number of nitrogens with zero attached hydrogens (tertiary/aromatic N) is 6. The number of anilines is 2. The first-order valence-electron chi connectivity index (χ1n) is 8.89. The van der Waals surface area contributed by atoms with Gasteiger partial charge in [0.2, 0.25) is 0 Å². The van der Waals surface area contributed by atoms with Crippen molar-refractivity contribution in [1.82, 2.24) is 19.9 Å². The topological polar surface area (TPSA) is 58.0 Å². The van der Waals surface area contributed by atoms with Crippen molar-refractivity contribution in [1.29, 1.82) is 0 Å². The fourth-order valence-electron chi connectivity index (χ4n) is 4.58. The molecular formula is C18H22N6. The van der Waals surface area contributed by atoms with Gasteiger partial charge < -0.3 is 9.80 Å². The largest absolute Gasteiger partial charge is 0.356 e. The summed E-state index contributed by atoms with van der Waals surface area (Å²) < 4.78 is 0. The van der Waals surface area contributed by atoms with Crippen molar-refractivity contribution in [3.63, 3.8) is 0 Å². The number of rotatable bonds is 2. The number of aryl methyl sites for hydroxylation is 2. The zero-order chi connectivity index (χ0) is 16.1. The van der Waals surface area contributed by atoms with E-state index in [2.05, 4.69) is 35.8 Å². The van der Waals surface area contributed by atoms with E-state index in [1.165, 1.54) is 23.5 Å². The monoisotopic (exact) mass is 322 g/mol. The molecule has 24 heavy (non-hydrogen) atoms. The summed E-state index contributed by atoms with van der Waals surface area (Å²) in [5.41, 5.74) is 3.71. The minimum Gasteiger partial charge on any atom is -0.356 e. The van der Waals surface area contributed by atoms with Gasteiger partial charge in [0.15, 0.2) is 0 Å². The number of hydrogen-bond donors (Lipinski definition) is 0. The van der Waals surface area contributed by atoms with Crippen LogP contribution in [0.1, 0.15) is 23.4 Å². The van der Waals surface area contributed by atoms with Gasteiger partial charge in [0, 0.05) is 61.0 Å². The molecule has 2 aromatic heterocycles. The molecule has 0 aromatic carbocycles. The molecule has 124 valence electrons. The van der Waals surface area contributed by atoms with Crippen LogP contribution in [-0.2, 0) is 12.8 Å². The fourth-order valence-corrected chi connectivity index (χ4v) is 4.58. The maximum absolute atomic E-state index is 4.63. The summed E-state index contributed by atoms with van der Waals surface area (Å²) in [5, 5.41) is 0. The van der Waals surface area contributed by atoms with Crippen LogP contribution in [0.15, 0.2) is 18.7 Å². The lowest BCUT2D eigenvalue weighted by Gasteiger charge is -2.24. The zero-order valence-electron chi connectivity index (χ0n) is 14.0. The number of aromatic nitrogens is 4. The van der Waals surface area contributed by atoms with Gasteiger partial charge in [0.05, 0.1) is 0 Å². The lowest BCUT2D eigenvalue weighted by Crippen LogP contribution is -2.30. The SMILES string of the molecule is Cc1cc(N2CC3CN(c4ncnc5c4CCC5)CC3C2)ncn1. The highest BCUT2D eigenvalue weighted by atomic mass is 15.3. The van der Waals surface area contributed by atoms with Crippen molar-refractivity contribution in [2.45, 2.75) is 26.2 Å². The maximum Gasteiger partial charge on any atom is 0.135 e. The minimum absolute atomic E-state index is 0.701. The maximum atomic E-state index is 4.63. The van der Waals surface area contributed by atoms with Gasteiger partial charge in [0.25, 0.3) is 0 Å². The Morgan fingerprint density at radius 1 is 0.875 bits per heavy atom. The molecule has 4 heterocycles. The van der Waals surface area contributed by atoms with Crippen molar-refractivity contribution in [2.24, 2.45) is 11.8 Å². The van der Waals surface area contributed by atoms with Crippen LogP contribution in [0.5, 0.6) is 0 Å². The van der Waals surface area contributed by atoms with Crippen LogP contribution in [0.4, 0.5) is 11.6 Å². The Bertz CT molecular complexity index is 762. The summed E-state index contributed by atoms with van der Waals surface area (Å²) in [6.07, 6.45) is 6.91. The summed E-state index contributed by atoms with van der Waals surface area (Å²) in [6, 6.07) is 2.09. The smallest absolute Gasteiger partial charge is 0.135 e. The van der Waals surface area contributed by atoms with Crippen molar-refractivity contribution in [3.05, 3.63) is 35.7 Å². The van der Waals surface area contributed by atoms with E-state index in [4.69, 9.17) is 0 Å². The second-order valence-corrected chi connectivity index (χ2v) is 7.32. The van der Waals surface area contributed by atoms with E-state index in [1.807, 2.05) is 6.92 Å². The molecule has 0 saturated carbocycles. The lowest BCUT2D eigenvalue weighted by atomic mass is 10.0. The first-order valence-corrected chi connectivity index (χ1v) is 8.89. The second-order valence-electron chi connectivity index (χ2n) is 7.32. The molecule has 2 aliphatic heterocycles. The van der Waals surface area contributed by atoms with Crippen LogP contribution in [0, 0.1) is 18.8 Å². The van der Waals surface area contributed by atoms with E-state index >= 15 is 0 Å². The molecule has 0 amide bonds. The fraction of sp³-hybridized carbons (Fsp3) is 0.556. The highest BCUT2D eigenvalue weighted by Crippen LogP contribution is 2.37. The predicted octanol–water partition coefficient (Wildman–Crippen LogP) is 1.64. The Kier molecular flexibility index (Phi) is 3.18. The van der Waals surface area contributed by atoms with E-state index in [9.17, 15) is 0 Å². The van der Waals surface area contributed by atoms with E-state index in [0.29, 0.717) is 11.8 Å². The number of fused-ring (bicyclic) bond motifs is 2. The van der Waals surface area contributed by atoms with Crippen LogP contribution in [-0.4, -0.2) is 46.1 Å². The third-order valence-corrected chi connectivity index (χ3v) is 5.75. The molecular weight excluding hydrogens is 300 g/mol. The molecule has 0 bridgehead atoms. The zero-order valence-corrected chi connectivity index (χ0v) is 14.0. The third kappa shape index (κ3) is 2.24. The molecule has 2 aromatic rings. The molecule has 2 unspecified atom stereocenters. The Labute approximate surface area is 142 Å². The van der Waals surface area contributed by atoms with Gasteiger partial charge in [-0.1, -0.05) is 0 Å². The first kappa shape index (κ1) is 14.1. The van der Waals surface area contributed by atoms with Crippen LogP contribution >= 0.6 is 0 Å². The van der Waals surface area contributed by atoms with E-state index in [-0.39, 0.29) is 0 Å². The summed E-state index contributed by atoms with van der Waals surface area (Å²) in [4.78, 5) is 22.7. The predicted molar refractivity (Wildman–Crippen MR) is 92.2 cm³/mol. The Balaban J connectivity index is 1.33. The Morgan fingerprint density at radius 2 is 1.62 bits per heavy atom. The van der Waals surface area contributed by atoms with Gasteiger partial charge in [-0.3, -0.25) is 0 Å². The molecule has 3 aliphatic rings. The number of hydrogen-bond acceptors (Lipinski definition) is 6. The van der Waals surface area contributed by atoms with E-state index < -0.39 is 0 Å². The Morgan fingerprint density at radius 3 is 2.42 bits per heavy atom. The van der Waals surface area contributed by atoms with Crippen molar-refractivity contribution in [3.8, 4) is 0 Å². The molecule has 6 nitrogen and oxygen atoms in total.